The number of carbonyl (C=O) groups excluding carboxylic acids is 2. The van der Waals surface area contributed by atoms with E-state index >= 15 is 0 Å². The molecule has 1 aromatic rings. The number of primary amides is 1. The Morgan fingerprint density at radius 3 is 2.14 bits per heavy atom. The van der Waals surface area contributed by atoms with E-state index in [0.29, 0.717) is 6.47 Å². The predicted octanol–water partition coefficient (Wildman–Crippen LogP) is 2.35. The Morgan fingerprint density at radius 2 is 1.77 bits per heavy atom. The van der Waals surface area contributed by atoms with Crippen molar-refractivity contribution < 1.29 is 14.3 Å². The first-order valence-corrected chi connectivity index (χ1v) is 7.54. The summed E-state index contributed by atoms with van der Waals surface area (Å²) in [6, 6.07) is 10.3. The van der Waals surface area contributed by atoms with E-state index in [-0.39, 0.29) is 17.4 Å². The minimum atomic E-state index is -0.318. The Hall–Kier alpha value is -2.04. The molecule has 1 amide bonds. The molecule has 0 spiro atoms. The maximum Gasteiger partial charge on any atom is 0.293 e. The van der Waals surface area contributed by atoms with Crippen LogP contribution >= 0.6 is 0 Å². The normalized spacial score (nSPS) is 15.5. The largest absolute Gasteiger partial charge is 0.462 e. The summed E-state index contributed by atoms with van der Waals surface area (Å²) in [7, 11) is 0. The average molecular weight is 306 g/mol. The Balaban J connectivity index is 0.000000295. The first-order chi connectivity index (χ1) is 10.3. The van der Waals surface area contributed by atoms with Crippen molar-refractivity contribution in [1.82, 2.24) is 0 Å². The molecule has 5 heteroatoms. The summed E-state index contributed by atoms with van der Waals surface area (Å²) in [5.41, 5.74) is 6.21. The number of amides is 1. The molecule has 22 heavy (non-hydrogen) atoms. The molecule has 1 aromatic carbocycles. The molecule has 2 N–H and O–H groups in total. The minimum Gasteiger partial charge on any atom is -0.462 e. The average Bonchev–Trinajstić information content (AvgIpc) is 2.48. The summed E-state index contributed by atoms with van der Waals surface area (Å²) in [4.78, 5) is 22.9. The van der Waals surface area contributed by atoms with Gasteiger partial charge in [-0.1, -0.05) is 18.2 Å². The van der Waals surface area contributed by atoms with Crippen molar-refractivity contribution in [1.29, 1.82) is 0 Å². The van der Waals surface area contributed by atoms with Crippen LogP contribution in [-0.2, 0) is 14.3 Å². The van der Waals surface area contributed by atoms with E-state index in [0.717, 1.165) is 25.9 Å². The highest BCUT2D eigenvalue weighted by Crippen LogP contribution is 2.22. The molecule has 1 fully saturated rings. The van der Waals surface area contributed by atoms with Gasteiger partial charge < -0.3 is 15.4 Å². The highest BCUT2D eigenvalue weighted by Gasteiger charge is 2.22. The van der Waals surface area contributed by atoms with Crippen LogP contribution in [0.4, 0.5) is 5.69 Å². The third kappa shape index (κ3) is 6.61. The van der Waals surface area contributed by atoms with E-state index in [4.69, 9.17) is 5.73 Å². The first kappa shape index (κ1) is 18.0. The monoisotopic (exact) mass is 306 g/mol. The molecule has 1 heterocycles. The van der Waals surface area contributed by atoms with Crippen LogP contribution < -0.4 is 10.6 Å². The number of para-hydroxylation sites is 1. The van der Waals surface area contributed by atoms with Gasteiger partial charge in [-0.2, -0.15) is 0 Å². The lowest BCUT2D eigenvalue weighted by molar-refractivity contribution is -0.138. The van der Waals surface area contributed by atoms with Gasteiger partial charge >= 0.3 is 0 Å². The minimum absolute atomic E-state index is 0.0740. The zero-order valence-electron chi connectivity index (χ0n) is 13.6. The Morgan fingerprint density at radius 1 is 1.23 bits per heavy atom. The van der Waals surface area contributed by atoms with Gasteiger partial charge in [0.2, 0.25) is 5.91 Å². The zero-order valence-corrected chi connectivity index (χ0v) is 13.6. The second kappa shape index (κ2) is 8.41. The summed E-state index contributed by atoms with van der Waals surface area (Å²) >= 11 is 0. The second-order valence-corrected chi connectivity index (χ2v) is 6.33. The number of anilines is 1. The number of nitrogens with zero attached hydrogens (tertiary/aromatic N) is 1. The number of piperidine rings is 1. The fourth-order valence-electron chi connectivity index (χ4n) is 2.21. The number of nitrogens with two attached hydrogens (primary N) is 1. The van der Waals surface area contributed by atoms with Gasteiger partial charge in [0.05, 0.1) is 0 Å². The second-order valence-electron chi connectivity index (χ2n) is 6.33. The lowest BCUT2D eigenvalue weighted by Crippen LogP contribution is -2.38. The first-order valence-electron chi connectivity index (χ1n) is 7.54. The van der Waals surface area contributed by atoms with Gasteiger partial charge in [-0.15, -0.1) is 0 Å². The fourth-order valence-corrected chi connectivity index (χ4v) is 2.21. The molecule has 122 valence electrons. The Kier molecular flexibility index (Phi) is 6.89. The number of ether oxygens (including phenoxy) is 1. The smallest absolute Gasteiger partial charge is 0.293 e. The maximum atomic E-state index is 11.0. The summed E-state index contributed by atoms with van der Waals surface area (Å²) in [6.07, 6.45) is 1.76. The van der Waals surface area contributed by atoms with E-state index in [1.807, 2.05) is 39.0 Å². The van der Waals surface area contributed by atoms with Crippen molar-refractivity contribution in [2.24, 2.45) is 11.7 Å². The fraction of sp³-hybridized carbons (Fsp3) is 0.529. The molecular weight excluding hydrogens is 280 g/mol. The molecule has 1 saturated heterocycles. The van der Waals surface area contributed by atoms with E-state index in [1.54, 1.807) is 0 Å². The molecule has 5 nitrogen and oxygen atoms in total. The number of hydrogen-bond acceptors (Lipinski definition) is 4. The summed E-state index contributed by atoms with van der Waals surface area (Å²) in [5.74, 6) is -0.0762. The topological polar surface area (TPSA) is 72.6 Å². The quantitative estimate of drug-likeness (QED) is 0.870. The standard InChI is InChI=1S/C12H16N2O.C5H10O2/c13-12(15)10-6-8-14(9-7-10)11-4-2-1-3-5-11;1-5(2,3)7-4-6/h1-5,10H,6-9H2,(H2,13,15);4H,1-3H3. The molecule has 0 unspecified atom stereocenters. The van der Waals surface area contributed by atoms with Crippen LogP contribution in [0, 0.1) is 5.92 Å². The van der Waals surface area contributed by atoms with Crippen LogP contribution in [0.15, 0.2) is 30.3 Å². The number of benzene rings is 1. The van der Waals surface area contributed by atoms with E-state index in [9.17, 15) is 9.59 Å². The predicted molar refractivity (Wildman–Crippen MR) is 87.5 cm³/mol. The van der Waals surface area contributed by atoms with Crippen LogP contribution in [0.25, 0.3) is 0 Å². The van der Waals surface area contributed by atoms with E-state index in [2.05, 4.69) is 21.8 Å². The van der Waals surface area contributed by atoms with Crippen molar-refractivity contribution in [3.8, 4) is 0 Å². The molecular formula is C17H26N2O3. The third-order valence-corrected chi connectivity index (χ3v) is 3.42. The van der Waals surface area contributed by atoms with Gasteiger partial charge in [-0.05, 0) is 45.7 Å². The number of hydrogen-bond donors (Lipinski definition) is 1. The molecule has 0 aliphatic carbocycles. The lowest BCUT2D eigenvalue weighted by atomic mass is 9.96. The van der Waals surface area contributed by atoms with Crippen molar-refractivity contribution in [2.45, 2.75) is 39.2 Å². The number of carbonyl (C=O) groups is 2. The zero-order chi connectivity index (χ0) is 16.6. The Labute approximate surface area is 132 Å². The molecule has 0 radical (unpaired) electrons. The van der Waals surface area contributed by atoms with Gasteiger partial charge in [0.25, 0.3) is 6.47 Å². The molecule has 0 atom stereocenters. The summed E-state index contributed by atoms with van der Waals surface area (Å²) in [5, 5.41) is 0. The van der Waals surface area contributed by atoms with Crippen LogP contribution in [0.5, 0.6) is 0 Å². The van der Waals surface area contributed by atoms with Crippen LogP contribution in [-0.4, -0.2) is 31.1 Å². The molecule has 0 bridgehead atoms. The van der Waals surface area contributed by atoms with Crippen molar-refractivity contribution in [2.75, 3.05) is 18.0 Å². The molecule has 1 aliphatic rings. The van der Waals surface area contributed by atoms with E-state index in [1.165, 1.54) is 5.69 Å². The van der Waals surface area contributed by atoms with Crippen molar-refractivity contribution in [3.05, 3.63) is 30.3 Å². The van der Waals surface area contributed by atoms with Gasteiger partial charge in [0, 0.05) is 24.7 Å². The van der Waals surface area contributed by atoms with Crippen LogP contribution in [0.1, 0.15) is 33.6 Å². The summed E-state index contributed by atoms with van der Waals surface area (Å²) in [6.45, 7) is 7.78. The molecule has 0 saturated carbocycles. The highest BCUT2D eigenvalue weighted by molar-refractivity contribution is 5.77. The van der Waals surface area contributed by atoms with Crippen LogP contribution in [0.3, 0.4) is 0 Å². The lowest BCUT2D eigenvalue weighted by Gasteiger charge is -2.32. The van der Waals surface area contributed by atoms with Crippen LogP contribution in [0.2, 0.25) is 0 Å². The SMILES string of the molecule is CC(C)(C)OC=O.NC(=O)C1CCN(c2ccccc2)CC1. The molecule has 0 aromatic heterocycles. The third-order valence-electron chi connectivity index (χ3n) is 3.42. The van der Waals surface area contributed by atoms with Gasteiger partial charge in [0.1, 0.15) is 5.60 Å². The summed E-state index contributed by atoms with van der Waals surface area (Å²) < 4.78 is 4.55. The Bertz CT molecular complexity index is 461. The number of rotatable bonds is 3. The molecule has 1 aliphatic heterocycles. The van der Waals surface area contributed by atoms with Gasteiger partial charge in [0.15, 0.2) is 0 Å². The van der Waals surface area contributed by atoms with Gasteiger partial charge in [-0.25, -0.2) is 0 Å². The maximum absolute atomic E-state index is 11.0. The highest BCUT2D eigenvalue weighted by atomic mass is 16.5. The molecule has 2 rings (SSSR count). The van der Waals surface area contributed by atoms with Gasteiger partial charge in [-0.3, -0.25) is 9.59 Å². The van der Waals surface area contributed by atoms with E-state index < -0.39 is 0 Å². The van der Waals surface area contributed by atoms with Crippen molar-refractivity contribution in [3.63, 3.8) is 0 Å². The van der Waals surface area contributed by atoms with Crippen molar-refractivity contribution >= 4 is 18.1 Å².